The van der Waals surface area contributed by atoms with Gasteiger partial charge in [0.15, 0.2) is 6.29 Å². The molecule has 388 valence electrons. The number of aliphatic hydroxyl groups excluding tert-OH is 3. The molecule has 6 atom stereocenters. The summed E-state index contributed by atoms with van der Waals surface area (Å²) in [6.07, 6.45) is 44.8. The first-order valence-corrected chi connectivity index (χ1v) is 28.1. The van der Waals surface area contributed by atoms with Crippen molar-refractivity contribution in [2.45, 2.75) is 269 Å². The van der Waals surface area contributed by atoms with Crippen LogP contribution >= 0.6 is 0 Å². The molecule has 0 aromatic carbocycles. The molecule has 66 heavy (non-hydrogen) atoms. The first-order valence-electron chi connectivity index (χ1n) is 26.7. The van der Waals surface area contributed by atoms with E-state index in [0.717, 1.165) is 70.6 Å². The summed E-state index contributed by atoms with van der Waals surface area (Å²) in [5.74, 6) is -0.403. The predicted molar refractivity (Wildman–Crippen MR) is 267 cm³/mol. The molecule has 12 nitrogen and oxygen atoms in total. The van der Waals surface area contributed by atoms with Crippen molar-refractivity contribution in [2.75, 3.05) is 26.4 Å². The first-order chi connectivity index (χ1) is 32.1. The minimum Gasteiger partial charge on any atom is -0.457 e. The average Bonchev–Trinajstić information content (AvgIpc) is 3.29. The maximum atomic E-state index is 12.9. The number of rotatable bonds is 47. The van der Waals surface area contributed by atoms with E-state index < -0.39 is 59.8 Å². The van der Waals surface area contributed by atoms with Crippen molar-refractivity contribution < 1.29 is 56.2 Å². The first kappa shape index (κ1) is 62.3. The van der Waals surface area contributed by atoms with Gasteiger partial charge in [0, 0.05) is 13.0 Å². The molecule has 0 aromatic rings. The number of unbranched alkanes of at least 4 members (excludes halogenated alkanes) is 28. The van der Waals surface area contributed by atoms with Crippen LogP contribution < -0.4 is 0 Å². The van der Waals surface area contributed by atoms with Gasteiger partial charge in [0.2, 0.25) is 0 Å². The zero-order valence-corrected chi connectivity index (χ0v) is 42.6. The molecule has 0 radical (unpaired) electrons. The lowest BCUT2D eigenvalue weighted by molar-refractivity contribution is -0.301. The van der Waals surface area contributed by atoms with E-state index in [1.165, 1.54) is 135 Å². The van der Waals surface area contributed by atoms with Crippen molar-refractivity contribution in [1.82, 2.24) is 0 Å². The molecule has 1 aliphatic heterocycles. The highest BCUT2D eigenvalue weighted by atomic mass is 32.3. The fourth-order valence-electron chi connectivity index (χ4n) is 8.28. The van der Waals surface area contributed by atoms with Crippen LogP contribution in [0.15, 0.2) is 36.5 Å². The molecule has 13 heteroatoms. The highest BCUT2D eigenvalue weighted by molar-refractivity contribution is 7.80. The highest BCUT2D eigenvalue weighted by Gasteiger charge is 2.48. The minimum absolute atomic E-state index is 0.0233. The lowest BCUT2D eigenvalue weighted by Crippen LogP contribution is -2.60. The van der Waals surface area contributed by atoms with E-state index in [0.29, 0.717) is 13.0 Å². The summed E-state index contributed by atoms with van der Waals surface area (Å²) in [5, 5.41) is 30.7. The van der Waals surface area contributed by atoms with Crippen LogP contribution in [0.25, 0.3) is 0 Å². The Hall–Kier alpha value is -1.68. The molecule has 1 aliphatic rings. The van der Waals surface area contributed by atoms with Crippen LogP contribution in [0.4, 0.5) is 0 Å². The van der Waals surface area contributed by atoms with Crippen molar-refractivity contribution in [3.05, 3.63) is 36.5 Å². The van der Waals surface area contributed by atoms with Gasteiger partial charge in [-0.05, 0) is 44.9 Å². The zero-order chi connectivity index (χ0) is 48.2. The number of aliphatic hydroxyl groups is 3. The van der Waals surface area contributed by atoms with Gasteiger partial charge in [0.05, 0.1) is 19.8 Å². The van der Waals surface area contributed by atoms with Gasteiger partial charge in [-0.3, -0.25) is 9.35 Å². The second kappa shape index (κ2) is 44.5. The van der Waals surface area contributed by atoms with Crippen LogP contribution in [-0.2, 0) is 38.3 Å². The maximum Gasteiger partial charge on any atom is 0.397 e. The number of hydrogen-bond donors (Lipinski definition) is 4. The van der Waals surface area contributed by atoms with Crippen LogP contribution in [0.1, 0.15) is 232 Å². The molecule has 4 N–H and O–H groups in total. The third-order valence-electron chi connectivity index (χ3n) is 12.3. The lowest BCUT2D eigenvalue weighted by Gasteiger charge is -2.41. The zero-order valence-electron chi connectivity index (χ0n) is 41.8. The Kier molecular flexibility index (Phi) is 42.1. The molecule has 0 aliphatic carbocycles. The van der Waals surface area contributed by atoms with E-state index in [2.05, 4.69) is 54.5 Å². The van der Waals surface area contributed by atoms with Gasteiger partial charge in [-0.15, -0.1) is 0 Å². The lowest BCUT2D eigenvalue weighted by atomic mass is 9.99. The summed E-state index contributed by atoms with van der Waals surface area (Å²) >= 11 is 0. The number of carbonyl (C=O) groups excluding carboxylic acids is 1. The number of carbonyl (C=O) groups is 1. The Morgan fingerprint density at radius 3 is 1.53 bits per heavy atom. The minimum atomic E-state index is -5.07. The fraction of sp³-hybridized carbons (Fsp3) is 0.868. The monoisotopic (exact) mass is 959 g/mol. The second-order valence-corrected chi connectivity index (χ2v) is 19.5. The largest absolute Gasteiger partial charge is 0.457 e. The molecular formula is C53H98O12S. The molecule has 0 spiro atoms. The molecular weight excluding hydrogens is 861 g/mol. The Labute approximate surface area is 403 Å². The standard InChI is InChI=1S/C53H98O12S/c1-3-5-7-9-11-13-15-17-19-20-21-22-23-24-25-26-27-28-29-30-32-34-36-38-40-42-49(55)63-47(45-61-43-41-39-37-35-33-31-18-16-14-12-10-8-6-4-2)46-62-53-51(57)52(65-66(58,59)60)50(56)48(44-54)64-53/h6,8,12,14,18,31,47-48,50-54,56-57H,3-5,7,9-11,13,15-17,19-30,32-46H2,1-2H3,(H,58,59,60)/b8-6-,14-12-,31-18-. The van der Waals surface area contributed by atoms with Gasteiger partial charge in [-0.25, -0.2) is 4.18 Å². The van der Waals surface area contributed by atoms with Crippen LogP contribution in [0.2, 0.25) is 0 Å². The normalized spacial score (nSPS) is 19.8. The Morgan fingerprint density at radius 2 is 1.05 bits per heavy atom. The molecule has 1 saturated heterocycles. The van der Waals surface area contributed by atoms with Crippen LogP contribution in [0, 0.1) is 0 Å². The Morgan fingerprint density at radius 1 is 0.591 bits per heavy atom. The van der Waals surface area contributed by atoms with Gasteiger partial charge in [-0.2, -0.15) is 8.42 Å². The molecule has 0 amide bonds. The van der Waals surface area contributed by atoms with E-state index >= 15 is 0 Å². The topological polar surface area (TPSA) is 178 Å². The van der Waals surface area contributed by atoms with Gasteiger partial charge in [0.25, 0.3) is 0 Å². The molecule has 1 fully saturated rings. The molecule has 6 unspecified atom stereocenters. The van der Waals surface area contributed by atoms with Crippen LogP contribution in [-0.4, -0.2) is 97.5 Å². The SMILES string of the molecule is CC/C=C\C/C=C\C/C=C\CCCCCCOCC(COC1OC(CO)C(O)C(OS(=O)(=O)O)C1O)OC(=O)CCCCCCCCCCCCCCCCCCCCCCCCCCC. The molecule has 0 saturated carbocycles. The summed E-state index contributed by atoms with van der Waals surface area (Å²) in [7, 11) is -5.07. The molecule has 1 heterocycles. The number of esters is 1. The summed E-state index contributed by atoms with van der Waals surface area (Å²) < 4.78 is 59.2. The second-order valence-electron chi connectivity index (χ2n) is 18.4. The van der Waals surface area contributed by atoms with Crippen molar-refractivity contribution in [1.29, 1.82) is 0 Å². The van der Waals surface area contributed by atoms with Crippen molar-refractivity contribution in [3.63, 3.8) is 0 Å². The van der Waals surface area contributed by atoms with Crippen molar-refractivity contribution >= 4 is 16.4 Å². The molecule has 0 aromatic heterocycles. The highest BCUT2D eigenvalue weighted by Crippen LogP contribution is 2.26. The van der Waals surface area contributed by atoms with Gasteiger partial charge in [0.1, 0.15) is 30.5 Å². The number of ether oxygens (including phenoxy) is 4. The quantitative estimate of drug-likeness (QED) is 0.0197. The maximum absolute atomic E-state index is 12.9. The van der Waals surface area contributed by atoms with E-state index in [9.17, 15) is 33.1 Å². The van der Waals surface area contributed by atoms with Gasteiger partial charge < -0.3 is 34.3 Å². The van der Waals surface area contributed by atoms with Gasteiger partial charge in [-0.1, -0.05) is 217 Å². The van der Waals surface area contributed by atoms with E-state index in [4.69, 9.17) is 18.9 Å². The Balaban J connectivity index is 2.29. The summed E-state index contributed by atoms with van der Waals surface area (Å²) in [6, 6.07) is 0. The predicted octanol–water partition coefficient (Wildman–Crippen LogP) is 12.5. The fourth-order valence-corrected chi connectivity index (χ4v) is 8.79. The Bertz CT molecular complexity index is 1290. The van der Waals surface area contributed by atoms with Crippen molar-refractivity contribution in [2.24, 2.45) is 0 Å². The molecule has 1 rings (SSSR count). The number of allylic oxidation sites excluding steroid dienone is 6. The third kappa shape index (κ3) is 37.2. The van der Waals surface area contributed by atoms with E-state index in [-0.39, 0.29) is 19.6 Å². The number of hydrogen-bond acceptors (Lipinski definition) is 11. The summed E-state index contributed by atoms with van der Waals surface area (Å²) in [6.45, 7) is 3.86. The van der Waals surface area contributed by atoms with Crippen molar-refractivity contribution in [3.8, 4) is 0 Å². The summed E-state index contributed by atoms with van der Waals surface area (Å²) in [5.41, 5.74) is 0. The van der Waals surface area contributed by atoms with E-state index in [1.54, 1.807) is 0 Å². The van der Waals surface area contributed by atoms with E-state index in [1.807, 2.05) is 0 Å². The molecule has 0 bridgehead atoms. The average molecular weight is 959 g/mol. The smallest absolute Gasteiger partial charge is 0.397 e. The van der Waals surface area contributed by atoms with Crippen LogP contribution in [0.3, 0.4) is 0 Å². The van der Waals surface area contributed by atoms with Gasteiger partial charge >= 0.3 is 16.4 Å². The third-order valence-corrected chi connectivity index (χ3v) is 12.7. The van der Waals surface area contributed by atoms with Crippen LogP contribution in [0.5, 0.6) is 0 Å². The summed E-state index contributed by atoms with van der Waals surface area (Å²) in [4.78, 5) is 12.9.